The van der Waals surface area contributed by atoms with Crippen LogP contribution in [-0.2, 0) is 0 Å². The zero-order valence-corrected chi connectivity index (χ0v) is 11.6. The van der Waals surface area contributed by atoms with E-state index in [0.29, 0.717) is 0 Å². The smallest absolute Gasteiger partial charge is 0.0791 e. The molecule has 0 saturated carbocycles. The second-order valence-electron chi connectivity index (χ2n) is 5.57. The van der Waals surface area contributed by atoms with Gasteiger partial charge >= 0.3 is 0 Å². The van der Waals surface area contributed by atoms with Gasteiger partial charge in [-0.05, 0) is 24.5 Å². The van der Waals surface area contributed by atoms with Gasteiger partial charge in [-0.25, -0.2) is 0 Å². The third kappa shape index (κ3) is 4.33. The highest BCUT2D eigenvalue weighted by Gasteiger charge is 2.21. The average molecular weight is 223 g/mol. The van der Waals surface area contributed by atoms with Crippen LogP contribution in [0.15, 0.2) is 16.8 Å². The molecule has 0 unspecified atom stereocenters. The maximum Gasteiger partial charge on any atom is 0.0791 e. The van der Waals surface area contributed by atoms with Crippen LogP contribution in [0.25, 0.3) is 0 Å². The standard InChI is InChI=1S/C13H25NSi/c1-12(15(2,3)4)13-10-8-6-5-7-9-11-14-13/h1,5-11H2,2-4H3. The van der Waals surface area contributed by atoms with E-state index in [2.05, 4.69) is 26.2 Å². The summed E-state index contributed by atoms with van der Waals surface area (Å²) in [6.45, 7) is 12.4. The second kappa shape index (κ2) is 5.64. The van der Waals surface area contributed by atoms with Crippen molar-refractivity contribution in [1.82, 2.24) is 0 Å². The van der Waals surface area contributed by atoms with Crippen LogP contribution in [0.3, 0.4) is 0 Å². The van der Waals surface area contributed by atoms with Crippen molar-refractivity contribution in [2.75, 3.05) is 6.54 Å². The lowest BCUT2D eigenvalue weighted by atomic mass is 10.1. The summed E-state index contributed by atoms with van der Waals surface area (Å²) in [5, 5.41) is 1.38. The first-order chi connectivity index (χ1) is 7.02. The van der Waals surface area contributed by atoms with Gasteiger partial charge in [0, 0.05) is 12.3 Å². The van der Waals surface area contributed by atoms with E-state index >= 15 is 0 Å². The van der Waals surface area contributed by atoms with E-state index in [1.54, 1.807) is 0 Å². The van der Waals surface area contributed by atoms with E-state index < -0.39 is 8.07 Å². The van der Waals surface area contributed by atoms with E-state index in [9.17, 15) is 0 Å². The molecular formula is C13H25NSi. The summed E-state index contributed by atoms with van der Waals surface area (Å²) in [5.74, 6) is 0. The van der Waals surface area contributed by atoms with Crippen LogP contribution in [0, 0.1) is 0 Å². The Bertz CT molecular complexity index is 248. The molecule has 0 bridgehead atoms. The number of aliphatic imine (C=N–C) groups is 1. The maximum atomic E-state index is 4.76. The monoisotopic (exact) mass is 223 g/mol. The predicted octanol–water partition coefficient (Wildman–Crippen LogP) is 4.22. The van der Waals surface area contributed by atoms with Gasteiger partial charge in [-0.15, -0.1) is 0 Å². The van der Waals surface area contributed by atoms with E-state index in [1.165, 1.54) is 49.4 Å². The molecule has 2 heteroatoms. The molecule has 0 aromatic rings. The molecule has 1 aliphatic rings. The van der Waals surface area contributed by atoms with Crippen LogP contribution < -0.4 is 0 Å². The summed E-state index contributed by atoms with van der Waals surface area (Å²) in [4.78, 5) is 4.76. The van der Waals surface area contributed by atoms with Crippen molar-refractivity contribution in [3.63, 3.8) is 0 Å². The summed E-state index contributed by atoms with van der Waals surface area (Å²) < 4.78 is 0. The molecule has 0 atom stereocenters. The van der Waals surface area contributed by atoms with Crippen LogP contribution in [-0.4, -0.2) is 20.3 Å². The van der Waals surface area contributed by atoms with Gasteiger partial charge in [-0.3, -0.25) is 4.99 Å². The summed E-state index contributed by atoms with van der Waals surface area (Å²) in [6, 6.07) is 0. The van der Waals surface area contributed by atoms with E-state index in [0.717, 1.165) is 6.54 Å². The second-order valence-corrected chi connectivity index (χ2v) is 10.7. The molecule has 86 valence electrons. The molecule has 0 saturated heterocycles. The molecule has 0 aromatic carbocycles. The average Bonchev–Trinajstić information content (AvgIpc) is 2.27. The molecule has 1 aliphatic heterocycles. The van der Waals surface area contributed by atoms with Crippen molar-refractivity contribution in [3.8, 4) is 0 Å². The molecule has 0 radical (unpaired) electrons. The van der Waals surface area contributed by atoms with Gasteiger partial charge in [0.1, 0.15) is 0 Å². The molecule has 15 heavy (non-hydrogen) atoms. The lowest BCUT2D eigenvalue weighted by Crippen LogP contribution is -2.29. The Hall–Kier alpha value is -0.373. The Kier molecular flexibility index (Phi) is 4.77. The highest BCUT2D eigenvalue weighted by Crippen LogP contribution is 2.19. The molecule has 1 nitrogen and oxygen atoms in total. The largest absolute Gasteiger partial charge is 0.290 e. The minimum atomic E-state index is -1.23. The summed E-state index contributed by atoms with van der Waals surface area (Å²) in [6.07, 6.45) is 7.87. The third-order valence-electron chi connectivity index (χ3n) is 3.13. The minimum Gasteiger partial charge on any atom is -0.290 e. The Balaban J connectivity index is 2.67. The van der Waals surface area contributed by atoms with E-state index in [-0.39, 0.29) is 0 Å². The van der Waals surface area contributed by atoms with Crippen LogP contribution in [0.2, 0.25) is 19.6 Å². The van der Waals surface area contributed by atoms with Crippen LogP contribution in [0.1, 0.15) is 38.5 Å². The van der Waals surface area contributed by atoms with Gasteiger partial charge in [0.05, 0.1) is 8.07 Å². The Labute approximate surface area is 95.7 Å². The first kappa shape index (κ1) is 12.7. The zero-order valence-electron chi connectivity index (χ0n) is 10.6. The Morgan fingerprint density at radius 3 is 2.33 bits per heavy atom. The summed E-state index contributed by atoms with van der Waals surface area (Å²) in [5.41, 5.74) is 1.34. The lowest BCUT2D eigenvalue weighted by molar-refractivity contribution is 0.639. The minimum absolute atomic E-state index is 1.03. The molecule has 0 fully saturated rings. The van der Waals surface area contributed by atoms with Gasteiger partial charge in [0.15, 0.2) is 0 Å². The first-order valence-electron chi connectivity index (χ1n) is 6.25. The van der Waals surface area contributed by atoms with E-state index in [1.807, 2.05) is 0 Å². The fraction of sp³-hybridized carbons (Fsp3) is 0.769. The van der Waals surface area contributed by atoms with Crippen molar-refractivity contribution in [3.05, 3.63) is 11.8 Å². The van der Waals surface area contributed by atoms with Gasteiger partial charge in [-0.1, -0.05) is 45.5 Å². The molecule has 0 aromatic heterocycles. The third-order valence-corrected chi connectivity index (χ3v) is 5.23. The normalized spacial score (nSPS) is 19.8. The Morgan fingerprint density at radius 2 is 1.67 bits per heavy atom. The van der Waals surface area contributed by atoms with Crippen molar-refractivity contribution in [2.24, 2.45) is 4.99 Å². The first-order valence-corrected chi connectivity index (χ1v) is 9.75. The fourth-order valence-electron chi connectivity index (χ4n) is 1.91. The number of hydrogen-bond donors (Lipinski definition) is 0. The van der Waals surface area contributed by atoms with Crippen LogP contribution in [0.4, 0.5) is 0 Å². The molecule has 0 spiro atoms. The molecule has 1 heterocycles. The molecule has 0 N–H and O–H groups in total. The number of nitrogens with zero attached hydrogens (tertiary/aromatic N) is 1. The molecule has 0 amide bonds. The van der Waals surface area contributed by atoms with Crippen LogP contribution >= 0.6 is 0 Å². The quantitative estimate of drug-likeness (QED) is 0.622. The van der Waals surface area contributed by atoms with Gasteiger partial charge < -0.3 is 0 Å². The number of allylic oxidation sites excluding steroid dienone is 1. The molecular weight excluding hydrogens is 198 g/mol. The van der Waals surface area contributed by atoms with Crippen molar-refractivity contribution in [2.45, 2.75) is 58.2 Å². The zero-order chi connectivity index (χ0) is 11.3. The Morgan fingerprint density at radius 1 is 1.07 bits per heavy atom. The number of rotatable bonds is 2. The predicted molar refractivity (Wildman–Crippen MR) is 72.5 cm³/mol. The van der Waals surface area contributed by atoms with Gasteiger partial charge in [0.25, 0.3) is 0 Å². The van der Waals surface area contributed by atoms with Crippen molar-refractivity contribution >= 4 is 13.8 Å². The number of hydrogen-bond acceptors (Lipinski definition) is 1. The van der Waals surface area contributed by atoms with Gasteiger partial charge in [-0.2, -0.15) is 0 Å². The van der Waals surface area contributed by atoms with Crippen LogP contribution in [0.5, 0.6) is 0 Å². The van der Waals surface area contributed by atoms with Crippen molar-refractivity contribution in [1.29, 1.82) is 0 Å². The van der Waals surface area contributed by atoms with Crippen molar-refractivity contribution < 1.29 is 0 Å². The van der Waals surface area contributed by atoms with E-state index in [4.69, 9.17) is 4.99 Å². The topological polar surface area (TPSA) is 12.4 Å². The highest BCUT2D eigenvalue weighted by molar-refractivity contribution is 6.87. The molecule has 1 rings (SSSR count). The fourth-order valence-corrected chi connectivity index (χ4v) is 2.98. The maximum absolute atomic E-state index is 4.76. The highest BCUT2D eigenvalue weighted by atomic mass is 28.3. The lowest BCUT2D eigenvalue weighted by Gasteiger charge is -2.21. The summed E-state index contributed by atoms with van der Waals surface area (Å²) >= 11 is 0. The summed E-state index contributed by atoms with van der Waals surface area (Å²) in [7, 11) is -1.23. The molecule has 0 aliphatic carbocycles. The SMILES string of the molecule is C=C(C1=NCCCCCCC1)[Si](C)(C)C. The van der Waals surface area contributed by atoms with Gasteiger partial charge in [0.2, 0.25) is 0 Å².